The van der Waals surface area contributed by atoms with E-state index < -0.39 is 0 Å². The van der Waals surface area contributed by atoms with E-state index in [1.54, 1.807) is 11.1 Å². The Morgan fingerprint density at radius 2 is 2.10 bits per heavy atom. The van der Waals surface area contributed by atoms with Crippen molar-refractivity contribution in [2.45, 2.75) is 39.2 Å². The molecule has 0 aromatic carbocycles. The number of hydrogen-bond acceptors (Lipinski definition) is 4. The van der Waals surface area contributed by atoms with Crippen LogP contribution in [-0.2, 0) is 20.9 Å². The number of ether oxygens (including phenoxy) is 1. The van der Waals surface area contributed by atoms with Gasteiger partial charge in [0, 0.05) is 19.2 Å². The van der Waals surface area contributed by atoms with Crippen LogP contribution >= 0.6 is 0 Å². The van der Waals surface area contributed by atoms with Crippen LogP contribution in [-0.4, -0.2) is 35.4 Å². The molecule has 1 aromatic rings. The van der Waals surface area contributed by atoms with Crippen LogP contribution in [0.2, 0.25) is 0 Å². The Balaban J connectivity index is 2.63. The summed E-state index contributed by atoms with van der Waals surface area (Å²) in [5.74, 6) is -0.249. The molecule has 0 saturated carbocycles. The Morgan fingerprint density at radius 1 is 1.30 bits per heavy atom. The second kappa shape index (κ2) is 9.07. The van der Waals surface area contributed by atoms with Crippen LogP contribution in [0.3, 0.4) is 0 Å². The van der Waals surface area contributed by atoms with Crippen molar-refractivity contribution < 1.29 is 14.3 Å². The lowest BCUT2D eigenvalue weighted by atomic mass is 10.2. The van der Waals surface area contributed by atoms with Crippen LogP contribution in [0.25, 0.3) is 0 Å². The predicted molar refractivity (Wildman–Crippen MR) is 75.8 cm³/mol. The van der Waals surface area contributed by atoms with Crippen molar-refractivity contribution >= 4 is 11.9 Å². The molecule has 5 heteroatoms. The number of unbranched alkanes of at least 4 members (excludes halogenated alkanes) is 1. The number of aromatic nitrogens is 1. The molecular weight excluding hydrogens is 256 g/mol. The zero-order valence-corrected chi connectivity index (χ0v) is 12.2. The molecule has 0 unspecified atom stereocenters. The molecule has 0 aliphatic rings. The van der Waals surface area contributed by atoms with Crippen molar-refractivity contribution in [1.29, 1.82) is 0 Å². The molecule has 0 bridgehead atoms. The van der Waals surface area contributed by atoms with Gasteiger partial charge in [0.15, 0.2) is 0 Å². The maximum atomic E-state index is 12.2. The third-order valence-electron chi connectivity index (χ3n) is 2.99. The molecule has 1 heterocycles. The summed E-state index contributed by atoms with van der Waals surface area (Å²) >= 11 is 0. The van der Waals surface area contributed by atoms with Crippen LogP contribution in [0.5, 0.6) is 0 Å². The SMILES string of the molecule is CCCCC(=O)N(CCC(=O)OC)Cc1ccccn1. The van der Waals surface area contributed by atoms with E-state index in [2.05, 4.69) is 9.72 Å². The fraction of sp³-hybridized carbons (Fsp3) is 0.533. The summed E-state index contributed by atoms with van der Waals surface area (Å²) in [6.45, 7) is 2.84. The Bertz CT molecular complexity index is 420. The molecular formula is C15H22N2O3. The molecule has 0 aliphatic carbocycles. The van der Waals surface area contributed by atoms with Gasteiger partial charge in [-0.25, -0.2) is 0 Å². The molecule has 1 rings (SSSR count). The normalized spacial score (nSPS) is 10.1. The second-order valence-corrected chi connectivity index (χ2v) is 4.57. The van der Waals surface area contributed by atoms with Crippen molar-refractivity contribution in [1.82, 2.24) is 9.88 Å². The van der Waals surface area contributed by atoms with Gasteiger partial charge in [-0.15, -0.1) is 0 Å². The van der Waals surface area contributed by atoms with Gasteiger partial charge in [0.1, 0.15) is 0 Å². The van der Waals surface area contributed by atoms with Crippen molar-refractivity contribution in [3.63, 3.8) is 0 Å². The number of pyridine rings is 1. The van der Waals surface area contributed by atoms with E-state index in [0.29, 0.717) is 19.5 Å². The molecule has 1 amide bonds. The second-order valence-electron chi connectivity index (χ2n) is 4.57. The summed E-state index contributed by atoms with van der Waals surface area (Å²) in [6.07, 6.45) is 4.24. The van der Waals surface area contributed by atoms with Crippen molar-refractivity contribution in [2.24, 2.45) is 0 Å². The number of esters is 1. The Kier molecular flexibility index (Phi) is 7.32. The summed E-state index contributed by atoms with van der Waals surface area (Å²) in [7, 11) is 1.35. The topological polar surface area (TPSA) is 59.5 Å². The molecule has 20 heavy (non-hydrogen) atoms. The van der Waals surface area contributed by atoms with Gasteiger partial charge in [0.25, 0.3) is 0 Å². The van der Waals surface area contributed by atoms with E-state index in [1.807, 2.05) is 25.1 Å². The molecule has 0 aliphatic heterocycles. The first kappa shape index (κ1) is 16.1. The molecule has 110 valence electrons. The van der Waals surface area contributed by atoms with E-state index >= 15 is 0 Å². The number of amides is 1. The van der Waals surface area contributed by atoms with Gasteiger partial charge in [0.05, 0.1) is 25.8 Å². The summed E-state index contributed by atoms with van der Waals surface area (Å²) < 4.78 is 4.62. The van der Waals surface area contributed by atoms with Gasteiger partial charge in [-0.1, -0.05) is 19.4 Å². The van der Waals surface area contributed by atoms with Crippen molar-refractivity contribution in [3.8, 4) is 0 Å². The van der Waals surface area contributed by atoms with Crippen LogP contribution in [0.1, 0.15) is 38.3 Å². The summed E-state index contributed by atoms with van der Waals surface area (Å²) in [4.78, 5) is 29.3. The van der Waals surface area contributed by atoms with Crippen LogP contribution in [0.4, 0.5) is 0 Å². The maximum absolute atomic E-state index is 12.2. The highest BCUT2D eigenvalue weighted by Gasteiger charge is 2.15. The first-order valence-corrected chi connectivity index (χ1v) is 6.91. The number of hydrogen-bond donors (Lipinski definition) is 0. The average Bonchev–Trinajstić information content (AvgIpc) is 2.49. The maximum Gasteiger partial charge on any atom is 0.307 e. The van der Waals surface area contributed by atoms with Gasteiger partial charge < -0.3 is 9.64 Å². The zero-order valence-electron chi connectivity index (χ0n) is 12.2. The minimum absolute atomic E-state index is 0.0569. The lowest BCUT2D eigenvalue weighted by Gasteiger charge is -2.22. The highest BCUT2D eigenvalue weighted by atomic mass is 16.5. The zero-order chi connectivity index (χ0) is 14.8. The fourth-order valence-electron chi connectivity index (χ4n) is 1.79. The van der Waals surface area contributed by atoms with Crippen LogP contribution in [0, 0.1) is 0 Å². The van der Waals surface area contributed by atoms with Crippen molar-refractivity contribution in [3.05, 3.63) is 30.1 Å². The number of rotatable bonds is 8. The molecule has 0 spiro atoms. The van der Waals surface area contributed by atoms with E-state index in [1.165, 1.54) is 7.11 Å². The molecule has 0 saturated heterocycles. The molecule has 0 atom stereocenters. The highest BCUT2D eigenvalue weighted by Crippen LogP contribution is 2.07. The van der Waals surface area contributed by atoms with Crippen LogP contribution in [0.15, 0.2) is 24.4 Å². The molecule has 5 nitrogen and oxygen atoms in total. The predicted octanol–water partition coefficient (Wildman–Crippen LogP) is 2.16. The van der Waals surface area contributed by atoms with Crippen molar-refractivity contribution in [2.75, 3.05) is 13.7 Å². The number of carbonyl (C=O) groups is 2. The third kappa shape index (κ3) is 5.82. The van der Waals surface area contributed by atoms with Gasteiger partial charge in [-0.2, -0.15) is 0 Å². The average molecular weight is 278 g/mol. The lowest BCUT2D eigenvalue weighted by Crippen LogP contribution is -2.32. The Labute approximate surface area is 119 Å². The summed E-state index contributed by atoms with van der Waals surface area (Å²) in [5.41, 5.74) is 0.821. The Hall–Kier alpha value is -1.91. The first-order valence-electron chi connectivity index (χ1n) is 6.91. The number of methoxy groups -OCH3 is 1. The van der Waals surface area contributed by atoms with E-state index in [-0.39, 0.29) is 18.3 Å². The smallest absolute Gasteiger partial charge is 0.307 e. The third-order valence-corrected chi connectivity index (χ3v) is 2.99. The molecule has 0 N–H and O–H groups in total. The molecule has 0 radical (unpaired) electrons. The number of carbonyl (C=O) groups excluding carboxylic acids is 2. The fourth-order valence-corrected chi connectivity index (χ4v) is 1.79. The van der Waals surface area contributed by atoms with E-state index in [4.69, 9.17) is 0 Å². The van der Waals surface area contributed by atoms with Gasteiger partial charge >= 0.3 is 5.97 Å². The molecule has 1 aromatic heterocycles. The summed E-state index contributed by atoms with van der Waals surface area (Å²) in [5, 5.41) is 0. The van der Waals surface area contributed by atoms with Gasteiger partial charge in [0.2, 0.25) is 5.91 Å². The van der Waals surface area contributed by atoms with Crippen LogP contribution < -0.4 is 0 Å². The first-order chi connectivity index (χ1) is 9.67. The van der Waals surface area contributed by atoms with E-state index in [0.717, 1.165) is 18.5 Å². The standard InChI is InChI=1S/C15H22N2O3/c1-3-4-8-14(18)17(11-9-15(19)20-2)12-13-7-5-6-10-16-13/h5-7,10H,3-4,8-9,11-12H2,1-2H3. The Morgan fingerprint density at radius 3 is 2.70 bits per heavy atom. The summed E-state index contributed by atoms with van der Waals surface area (Å²) in [6, 6.07) is 5.59. The highest BCUT2D eigenvalue weighted by molar-refractivity contribution is 5.77. The quantitative estimate of drug-likeness (QED) is 0.684. The number of nitrogens with zero attached hydrogens (tertiary/aromatic N) is 2. The van der Waals surface area contributed by atoms with Gasteiger partial charge in [-0.3, -0.25) is 14.6 Å². The largest absolute Gasteiger partial charge is 0.469 e. The van der Waals surface area contributed by atoms with E-state index in [9.17, 15) is 9.59 Å². The monoisotopic (exact) mass is 278 g/mol. The molecule has 0 fully saturated rings. The lowest BCUT2D eigenvalue weighted by molar-refractivity contribution is -0.142. The minimum atomic E-state index is -0.306. The minimum Gasteiger partial charge on any atom is -0.469 e. The van der Waals surface area contributed by atoms with Gasteiger partial charge in [-0.05, 0) is 18.6 Å².